The Kier molecular flexibility index (Phi) is 5.66. The Hall–Kier alpha value is -4.77. The van der Waals surface area contributed by atoms with Gasteiger partial charge >= 0.3 is 6.18 Å². The van der Waals surface area contributed by atoms with Crippen molar-refractivity contribution in [3.05, 3.63) is 122 Å². The van der Waals surface area contributed by atoms with Crippen LogP contribution < -0.4 is 16.6 Å². The van der Waals surface area contributed by atoms with Crippen molar-refractivity contribution in [2.45, 2.75) is 18.5 Å². The molecule has 4 N–H and O–H groups in total. The number of fused-ring (bicyclic) bond motifs is 1. The van der Waals surface area contributed by atoms with Gasteiger partial charge in [-0.1, -0.05) is 54.1 Å². The topological polar surface area (TPSA) is 111 Å². The number of aromatic nitrogens is 4. The first-order valence-electron chi connectivity index (χ1n) is 12.1. The van der Waals surface area contributed by atoms with E-state index in [1.54, 1.807) is 48.5 Å². The average molecular weight is 565 g/mol. The molecule has 3 aromatic carbocycles. The molecule has 8 nitrogen and oxygen atoms in total. The highest BCUT2D eigenvalue weighted by Gasteiger charge is 2.59. The number of rotatable bonds is 4. The lowest BCUT2D eigenvalue weighted by Crippen LogP contribution is -2.43. The molecule has 5 aromatic rings. The summed E-state index contributed by atoms with van der Waals surface area (Å²) in [7, 11) is 0. The number of nitrogens with one attached hydrogen (secondary N) is 2. The van der Waals surface area contributed by atoms with Gasteiger partial charge in [0, 0.05) is 21.8 Å². The third-order valence-electron chi connectivity index (χ3n) is 7.01. The Labute approximate surface area is 229 Å². The molecule has 40 heavy (non-hydrogen) atoms. The smallest absolute Gasteiger partial charge is 0.383 e. The Morgan fingerprint density at radius 3 is 2.17 bits per heavy atom. The second kappa shape index (κ2) is 8.88. The minimum absolute atomic E-state index is 0.0447. The number of aryl methyl sites for hydroxylation is 1. The molecule has 0 saturated heterocycles. The van der Waals surface area contributed by atoms with Crippen LogP contribution in [0.2, 0.25) is 5.02 Å². The molecule has 1 atom stereocenters. The summed E-state index contributed by atoms with van der Waals surface area (Å²) in [6.07, 6.45) is -5.05. The summed E-state index contributed by atoms with van der Waals surface area (Å²) in [6.45, 7) is 1.53. The number of para-hydroxylation sites is 2. The van der Waals surface area contributed by atoms with Crippen molar-refractivity contribution in [1.29, 1.82) is 0 Å². The van der Waals surface area contributed by atoms with Crippen LogP contribution >= 0.6 is 11.6 Å². The van der Waals surface area contributed by atoms with Crippen molar-refractivity contribution in [2.75, 3.05) is 11.1 Å². The van der Waals surface area contributed by atoms with Crippen LogP contribution in [-0.2, 0) is 16.4 Å². The van der Waals surface area contributed by atoms with Crippen LogP contribution in [0.4, 0.5) is 24.7 Å². The van der Waals surface area contributed by atoms with Crippen molar-refractivity contribution >= 4 is 29.0 Å². The minimum atomic E-state index is -5.05. The second-order valence-electron chi connectivity index (χ2n) is 9.32. The lowest BCUT2D eigenvalue weighted by molar-refractivity contribution is -0.142. The quantitative estimate of drug-likeness (QED) is 0.279. The third kappa shape index (κ3) is 3.58. The van der Waals surface area contributed by atoms with Crippen LogP contribution in [0.15, 0.2) is 83.7 Å². The van der Waals surface area contributed by atoms with Crippen molar-refractivity contribution < 1.29 is 18.0 Å². The Morgan fingerprint density at radius 1 is 0.925 bits per heavy atom. The molecule has 0 radical (unpaired) electrons. The molecule has 12 heteroatoms. The van der Waals surface area contributed by atoms with E-state index in [1.807, 2.05) is 0 Å². The molecule has 0 saturated carbocycles. The predicted octanol–water partition coefficient (Wildman–Crippen LogP) is 5.20. The van der Waals surface area contributed by atoms with Gasteiger partial charge in [-0.25, -0.2) is 9.36 Å². The maximum atomic E-state index is 14.7. The second-order valence-corrected chi connectivity index (χ2v) is 9.76. The van der Waals surface area contributed by atoms with E-state index in [2.05, 4.69) is 15.5 Å². The van der Waals surface area contributed by atoms with E-state index >= 15 is 0 Å². The number of nitrogens with zero attached hydrogens (tertiary/aromatic N) is 3. The molecular formula is C28H20ClF3N6O2. The summed E-state index contributed by atoms with van der Waals surface area (Å²) in [6, 6.07) is 20.7. The van der Waals surface area contributed by atoms with Crippen LogP contribution in [0.1, 0.15) is 28.1 Å². The van der Waals surface area contributed by atoms with Crippen molar-refractivity contribution in [1.82, 2.24) is 19.6 Å². The van der Waals surface area contributed by atoms with Gasteiger partial charge in [-0.05, 0) is 43.3 Å². The zero-order valence-corrected chi connectivity index (χ0v) is 21.5. The summed E-state index contributed by atoms with van der Waals surface area (Å²) in [5.41, 5.74) is 2.05. The third-order valence-corrected chi connectivity index (χ3v) is 7.24. The van der Waals surface area contributed by atoms with E-state index in [9.17, 15) is 22.8 Å². The fraction of sp³-hybridized carbons (Fsp3) is 0.107. The van der Waals surface area contributed by atoms with Crippen molar-refractivity contribution in [3.8, 4) is 11.4 Å². The molecule has 1 aliphatic heterocycles. The maximum Gasteiger partial charge on any atom is 0.433 e. The van der Waals surface area contributed by atoms with Gasteiger partial charge in [0.05, 0.1) is 22.6 Å². The summed E-state index contributed by atoms with van der Waals surface area (Å²) in [5, 5.41) is 9.60. The van der Waals surface area contributed by atoms with Gasteiger partial charge in [-0.3, -0.25) is 14.7 Å². The van der Waals surface area contributed by atoms with Gasteiger partial charge in [0.25, 0.3) is 5.56 Å². The lowest BCUT2D eigenvalue weighted by atomic mass is 9.69. The van der Waals surface area contributed by atoms with Crippen LogP contribution in [-0.4, -0.2) is 25.5 Å². The Morgan fingerprint density at radius 2 is 1.55 bits per heavy atom. The molecule has 0 fully saturated rings. The number of halogens is 4. The van der Waals surface area contributed by atoms with Crippen LogP contribution in [0.3, 0.4) is 0 Å². The standard InChI is InChI=1S/C28H20ClF3N6O2/c1-15-21(24(33)37(35-15)17-8-4-2-5-9-17)27(19-13-12-16(29)14-20(19)34-26(27)40)22-23(28(30,31)32)36-38(25(22)39)18-10-6-3-7-11-18/h2-14,36H,33H2,1H3,(H,34,40). The highest BCUT2D eigenvalue weighted by atomic mass is 35.5. The van der Waals surface area contributed by atoms with Crippen molar-refractivity contribution in [2.24, 2.45) is 0 Å². The minimum Gasteiger partial charge on any atom is -0.383 e. The monoisotopic (exact) mass is 564 g/mol. The first-order valence-corrected chi connectivity index (χ1v) is 12.4. The normalized spacial score (nSPS) is 16.7. The molecule has 0 bridgehead atoms. The van der Waals surface area contributed by atoms with Crippen LogP contribution in [0, 0.1) is 6.92 Å². The zero-order chi connectivity index (χ0) is 28.4. The van der Waals surface area contributed by atoms with Gasteiger partial charge in [0.15, 0.2) is 0 Å². The maximum absolute atomic E-state index is 14.7. The highest BCUT2D eigenvalue weighted by Crippen LogP contribution is 2.52. The number of hydrogen-bond donors (Lipinski definition) is 3. The molecule has 202 valence electrons. The fourth-order valence-electron chi connectivity index (χ4n) is 5.43. The number of nitrogen functional groups attached to an aromatic ring is 1. The van der Waals surface area contributed by atoms with Gasteiger partial charge in [-0.2, -0.15) is 18.3 Å². The number of benzene rings is 3. The molecule has 0 spiro atoms. The van der Waals surface area contributed by atoms with Crippen LogP contribution in [0.25, 0.3) is 11.4 Å². The first-order chi connectivity index (χ1) is 19.0. The zero-order valence-electron chi connectivity index (χ0n) is 20.8. The highest BCUT2D eigenvalue weighted by molar-refractivity contribution is 6.31. The number of anilines is 2. The van der Waals surface area contributed by atoms with E-state index in [-0.39, 0.29) is 39.0 Å². The van der Waals surface area contributed by atoms with Gasteiger partial charge in [-0.15, -0.1) is 0 Å². The SMILES string of the molecule is Cc1nn(-c2ccccc2)c(N)c1C1(c2c(C(F)(F)F)[nH]n(-c3ccccc3)c2=O)C(=O)Nc2cc(Cl)ccc21. The molecule has 1 aliphatic rings. The van der Waals surface area contributed by atoms with Crippen molar-refractivity contribution in [3.63, 3.8) is 0 Å². The Bertz CT molecular complexity index is 1840. The fourth-order valence-corrected chi connectivity index (χ4v) is 5.60. The first kappa shape index (κ1) is 25.5. The number of carbonyl (C=O) groups excluding carboxylic acids is 1. The lowest BCUT2D eigenvalue weighted by Gasteiger charge is -2.28. The summed E-state index contributed by atoms with van der Waals surface area (Å²) in [4.78, 5) is 28.2. The summed E-state index contributed by atoms with van der Waals surface area (Å²) in [5.74, 6) is -0.990. The Balaban J connectivity index is 1.78. The molecule has 3 heterocycles. The summed E-state index contributed by atoms with van der Waals surface area (Å²) < 4.78 is 46.3. The molecule has 2 aromatic heterocycles. The summed E-state index contributed by atoms with van der Waals surface area (Å²) >= 11 is 6.18. The number of carbonyl (C=O) groups is 1. The number of amides is 1. The van der Waals surface area contributed by atoms with E-state index in [0.29, 0.717) is 5.69 Å². The number of H-pyrrole nitrogens is 1. The van der Waals surface area contributed by atoms with E-state index in [0.717, 1.165) is 4.68 Å². The molecule has 6 rings (SSSR count). The molecular weight excluding hydrogens is 545 g/mol. The largest absolute Gasteiger partial charge is 0.433 e. The van der Waals surface area contributed by atoms with E-state index < -0.39 is 34.3 Å². The van der Waals surface area contributed by atoms with E-state index in [4.69, 9.17) is 17.3 Å². The van der Waals surface area contributed by atoms with Gasteiger partial charge in [0.2, 0.25) is 5.91 Å². The number of aromatic amines is 1. The average Bonchev–Trinajstić information content (AvgIpc) is 3.53. The molecule has 0 aliphatic carbocycles. The van der Waals surface area contributed by atoms with E-state index in [1.165, 1.54) is 41.9 Å². The van der Waals surface area contributed by atoms with Gasteiger partial charge in [0.1, 0.15) is 16.9 Å². The van der Waals surface area contributed by atoms with Crippen LogP contribution in [0.5, 0.6) is 0 Å². The van der Waals surface area contributed by atoms with Gasteiger partial charge < -0.3 is 11.1 Å². The molecule has 1 unspecified atom stereocenters. The number of nitrogens with two attached hydrogens (primary N) is 1. The predicted molar refractivity (Wildman–Crippen MR) is 144 cm³/mol. The molecule has 1 amide bonds. The number of alkyl halides is 3. The number of hydrogen-bond acceptors (Lipinski definition) is 4.